The minimum Gasteiger partial charge on any atom is -0.309 e. The minimum absolute atomic E-state index is 0.0992. The van der Waals surface area contributed by atoms with E-state index in [0.29, 0.717) is 5.82 Å². The van der Waals surface area contributed by atoms with Crippen LogP contribution in [-0.4, -0.2) is 23.7 Å². The second-order valence-electron chi connectivity index (χ2n) is 26.9. The second-order valence-corrected chi connectivity index (χ2v) is 26.9. The fraction of sp³-hybridized carbons (Fsp3) is 0.106. The summed E-state index contributed by atoms with van der Waals surface area (Å²) in [6, 6.07) is 97.1. The predicted octanol–water partition coefficient (Wildman–Crippen LogP) is 21.7. The average molecular weight is 1150 g/mol. The number of para-hydroxylation sites is 3. The lowest BCUT2D eigenvalue weighted by molar-refractivity contribution is 0.661. The zero-order chi connectivity index (χ0) is 60.1. The van der Waals surface area contributed by atoms with Gasteiger partial charge in [-0.25, -0.2) is 9.97 Å². The van der Waals surface area contributed by atoms with E-state index in [-0.39, 0.29) is 16.2 Å². The summed E-state index contributed by atoms with van der Waals surface area (Å²) in [5.41, 5.74) is 30.9. The van der Waals surface area contributed by atoms with Gasteiger partial charge in [0.1, 0.15) is 0 Å². The van der Waals surface area contributed by atoms with Gasteiger partial charge in [-0.3, -0.25) is 0 Å². The van der Waals surface area contributed by atoms with Crippen LogP contribution in [0.1, 0.15) is 74.9 Å². The maximum absolute atomic E-state index is 5.55. The molecule has 0 saturated carbocycles. The fourth-order valence-corrected chi connectivity index (χ4v) is 16.5. The SMILES string of the molecule is CC1(C)c2ccccc2-c2cc3c(cc21)c1ccccc1n3-c1ccc(-c2cc(-c3cccc(-n4c5ccccc5c5cc6c(cc54)-c4ccccc4C6(C)C)c3)nc(-c3ccc(-n4c5ccccc5c5cc6c(cc54)-c4ccccc4C6(C)C)cc3)n2)cc1. The van der Waals surface area contributed by atoms with Crippen LogP contribution in [-0.2, 0) is 16.2 Å². The Morgan fingerprint density at radius 1 is 0.233 bits per heavy atom. The van der Waals surface area contributed by atoms with Crippen molar-refractivity contribution in [2.24, 2.45) is 0 Å². The fourth-order valence-electron chi connectivity index (χ4n) is 16.5. The summed E-state index contributed by atoms with van der Waals surface area (Å²) >= 11 is 0. The van der Waals surface area contributed by atoms with E-state index in [1.54, 1.807) is 0 Å². The maximum atomic E-state index is 5.55. The molecular weight excluding hydrogens is 1090 g/mol. The van der Waals surface area contributed by atoms with Gasteiger partial charge in [0.2, 0.25) is 0 Å². The first-order valence-corrected chi connectivity index (χ1v) is 31.6. The molecule has 19 rings (SSSR count). The molecule has 0 spiro atoms. The molecule has 5 nitrogen and oxygen atoms in total. The molecule has 16 aromatic rings. The standard InChI is InChI=1S/C85H61N5/c1-83(2)68-28-13-7-22-56(68)62-46-79-65(43-71(62)83)59-25-10-16-31-76(59)88(79)53-38-34-50(35-39-53)74-49-75(52-20-19-21-55(42-52)90-78-33-18-12-27-61(78)67-45-73-64(48-81(67)90)58-24-9-15-30-70(58)85(73,5)6)87-82(86-74)51-36-40-54(41-37-51)89-77-32-17-11-26-60(77)66-44-72-63(47-80(66)89)57-23-8-14-29-69(57)84(72,3)4/h7-49H,1-6H3. The van der Waals surface area contributed by atoms with E-state index in [1.165, 1.54) is 132 Å². The highest BCUT2D eigenvalue weighted by molar-refractivity contribution is 6.14. The molecule has 12 aromatic carbocycles. The van der Waals surface area contributed by atoms with Crippen molar-refractivity contribution in [3.8, 4) is 84.3 Å². The van der Waals surface area contributed by atoms with Gasteiger partial charge in [0, 0.05) is 82.3 Å². The van der Waals surface area contributed by atoms with Gasteiger partial charge in [0.05, 0.1) is 44.5 Å². The molecule has 0 N–H and O–H groups in total. The number of hydrogen-bond acceptors (Lipinski definition) is 2. The topological polar surface area (TPSA) is 40.6 Å². The normalized spacial score (nSPS) is 14.6. The van der Waals surface area contributed by atoms with Crippen LogP contribution < -0.4 is 0 Å². The Balaban J connectivity index is 0.769. The lowest BCUT2D eigenvalue weighted by Gasteiger charge is -2.21. The van der Waals surface area contributed by atoms with Gasteiger partial charge in [-0.05, 0) is 176 Å². The second kappa shape index (κ2) is 18.1. The summed E-state index contributed by atoms with van der Waals surface area (Å²) in [5.74, 6) is 0.663. The summed E-state index contributed by atoms with van der Waals surface area (Å²) in [4.78, 5) is 11.1. The van der Waals surface area contributed by atoms with E-state index >= 15 is 0 Å². The molecule has 3 aliphatic carbocycles. The number of benzene rings is 12. The summed E-state index contributed by atoms with van der Waals surface area (Å²) < 4.78 is 7.33. The Bertz CT molecular complexity index is 5560. The zero-order valence-corrected chi connectivity index (χ0v) is 51.1. The lowest BCUT2D eigenvalue weighted by atomic mass is 9.82. The molecule has 0 aliphatic heterocycles. The predicted molar refractivity (Wildman–Crippen MR) is 374 cm³/mol. The van der Waals surface area contributed by atoms with Crippen LogP contribution in [0.5, 0.6) is 0 Å². The van der Waals surface area contributed by atoms with Crippen LogP contribution in [0.3, 0.4) is 0 Å². The Kier molecular flexibility index (Phi) is 10.3. The summed E-state index contributed by atoms with van der Waals surface area (Å²) in [5, 5.41) is 7.52. The summed E-state index contributed by atoms with van der Waals surface area (Å²) in [6.45, 7) is 14.2. The van der Waals surface area contributed by atoms with E-state index in [1.807, 2.05) is 0 Å². The third kappa shape index (κ3) is 6.97. The van der Waals surface area contributed by atoms with E-state index in [4.69, 9.17) is 9.97 Å². The van der Waals surface area contributed by atoms with Gasteiger partial charge in [-0.2, -0.15) is 0 Å². The van der Waals surface area contributed by atoms with Crippen LogP contribution in [0.2, 0.25) is 0 Å². The number of hydrogen-bond donors (Lipinski definition) is 0. The molecule has 0 fully saturated rings. The molecule has 0 amide bonds. The molecule has 0 saturated heterocycles. The molecule has 4 heterocycles. The largest absolute Gasteiger partial charge is 0.309 e. The van der Waals surface area contributed by atoms with Crippen molar-refractivity contribution in [1.82, 2.24) is 23.7 Å². The minimum atomic E-state index is -0.112. The zero-order valence-electron chi connectivity index (χ0n) is 51.1. The van der Waals surface area contributed by atoms with Crippen LogP contribution in [0.15, 0.2) is 261 Å². The van der Waals surface area contributed by atoms with Crippen molar-refractivity contribution < 1.29 is 0 Å². The van der Waals surface area contributed by atoms with Crippen molar-refractivity contribution in [3.05, 3.63) is 294 Å². The van der Waals surface area contributed by atoms with Crippen LogP contribution in [0.4, 0.5) is 0 Å². The molecule has 0 bridgehead atoms. The van der Waals surface area contributed by atoms with Gasteiger partial charge < -0.3 is 13.7 Å². The van der Waals surface area contributed by atoms with Crippen molar-refractivity contribution in [2.45, 2.75) is 57.8 Å². The first-order chi connectivity index (χ1) is 43.9. The lowest BCUT2D eigenvalue weighted by Crippen LogP contribution is -2.14. The van der Waals surface area contributed by atoms with Gasteiger partial charge in [-0.15, -0.1) is 0 Å². The van der Waals surface area contributed by atoms with Gasteiger partial charge in [-0.1, -0.05) is 193 Å². The van der Waals surface area contributed by atoms with Gasteiger partial charge in [0.25, 0.3) is 0 Å². The quantitative estimate of drug-likeness (QED) is 0.166. The first-order valence-electron chi connectivity index (χ1n) is 31.6. The Labute approximate surface area is 522 Å². The van der Waals surface area contributed by atoms with Crippen molar-refractivity contribution in [1.29, 1.82) is 0 Å². The number of rotatable bonds is 6. The number of nitrogens with zero attached hydrogens (tertiary/aromatic N) is 5. The molecule has 4 aromatic heterocycles. The molecule has 90 heavy (non-hydrogen) atoms. The monoisotopic (exact) mass is 1150 g/mol. The van der Waals surface area contributed by atoms with Crippen LogP contribution in [0.25, 0.3) is 150 Å². The van der Waals surface area contributed by atoms with Crippen molar-refractivity contribution in [3.63, 3.8) is 0 Å². The maximum Gasteiger partial charge on any atom is 0.160 e. The molecule has 5 heteroatoms. The van der Waals surface area contributed by atoms with E-state index in [0.717, 1.165) is 45.1 Å². The van der Waals surface area contributed by atoms with Crippen LogP contribution in [0, 0.1) is 0 Å². The highest BCUT2D eigenvalue weighted by Crippen LogP contribution is 2.54. The molecule has 0 radical (unpaired) electrons. The van der Waals surface area contributed by atoms with Crippen molar-refractivity contribution >= 4 is 65.4 Å². The average Bonchev–Trinajstić information content (AvgIpc) is 1.58. The Morgan fingerprint density at radius 2 is 0.589 bits per heavy atom. The Hall–Kier alpha value is -10.9. The van der Waals surface area contributed by atoms with E-state index in [9.17, 15) is 0 Å². The Morgan fingerprint density at radius 3 is 1.01 bits per heavy atom. The highest BCUT2D eigenvalue weighted by Gasteiger charge is 2.39. The molecule has 0 atom stereocenters. The van der Waals surface area contributed by atoms with E-state index < -0.39 is 0 Å². The van der Waals surface area contributed by atoms with E-state index in [2.05, 4.69) is 316 Å². The first kappa shape index (κ1) is 51.2. The van der Waals surface area contributed by atoms with Crippen molar-refractivity contribution in [2.75, 3.05) is 0 Å². The number of fused-ring (bicyclic) bond motifs is 18. The van der Waals surface area contributed by atoms with Gasteiger partial charge in [0.15, 0.2) is 5.82 Å². The molecular formula is C85H61N5. The molecule has 0 unspecified atom stereocenters. The smallest absolute Gasteiger partial charge is 0.160 e. The molecule has 426 valence electrons. The molecule has 3 aliphatic rings. The highest BCUT2D eigenvalue weighted by atomic mass is 15.0. The number of aromatic nitrogens is 5. The third-order valence-corrected chi connectivity index (χ3v) is 21.1. The summed E-state index contributed by atoms with van der Waals surface area (Å²) in [7, 11) is 0. The third-order valence-electron chi connectivity index (χ3n) is 21.1. The van der Waals surface area contributed by atoms with Gasteiger partial charge >= 0.3 is 0 Å². The summed E-state index contributed by atoms with van der Waals surface area (Å²) in [6.07, 6.45) is 0. The van der Waals surface area contributed by atoms with Crippen LogP contribution >= 0.6 is 0 Å².